The maximum absolute atomic E-state index is 5.29. The van der Waals surface area contributed by atoms with Crippen LogP contribution >= 0.6 is 0 Å². The van der Waals surface area contributed by atoms with Gasteiger partial charge in [-0.05, 0) is 27.7 Å². The van der Waals surface area contributed by atoms with Crippen LogP contribution in [0.1, 0.15) is 33.5 Å². The van der Waals surface area contributed by atoms with Crippen molar-refractivity contribution in [2.24, 2.45) is 0 Å². The first-order valence-electron chi connectivity index (χ1n) is 4.53. The lowest BCUT2D eigenvalue weighted by molar-refractivity contribution is 0.121. The van der Waals surface area contributed by atoms with Crippen molar-refractivity contribution in [3.63, 3.8) is 0 Å². The molecule has 4 heteroatoms. The monoisotopic (exact) mass is 183 g/mol. The average Bonchev–Trinajstić information content (AvgIpc) is 2.47. The molecule has 0 N–H and O–H groups in total. The Morgan fingerprint density at radius 2 is 2.15 bits per heavy atom. The van der Waals surface area contributed by atoms with Gasteiger partial charge in [0, 0.05) is 12.1 Å². The minimum absolute atomic E-state index is 0.0237. The van der Waals surface area contributed by atoms with Gasteiger partial charge in [0.2, 0.25) is 0 Å². The van der Waals surface area contributed by atoms with E-state index in [9.17, 15) is 0 Å². The summed E-state index contributed by atoms with van der Waals surface area (Å²) in [6.07, 6.45) is 1.74. The Morgan fingerprint density at radius 1 is 1.46 bits per heavy atom. The molecule has 13 heavy (non-hydrogen) atoms. The maximum Gasteiger partial charge on any atom is 0.159 e. The van der Waals surface area contributed by atoms with Gasteiger partial charge in [-0.1, -0.05) is 0 Å². The molecular weight excluding hydrogens is 166 g/mol. The third-order valence-electron chi connectivity index (χ3n) is 1.78. The lowest BCUT2D eigenvalue weighted by Crippen LogP contribution is -2.23. The van der Waals surface area contributed by atoms with Crippen molar-refractivity contribution in [2.45, 2.75) is 39.8 Å². The Hall–Kier alpha value is -0.900. The van der Waals surface area contributed by atoms with Crippen molar-refractivity contribution in [3.8, 4) is 0 Å². The highest BCUT2D eigenvalue weighted by molar-refractivity contribution is 4.90. The third kappa shape index (κ3) is 2.52. The average molecular weight is 183 g/mol. The Balaban J connectivity index is 2.77. The van der Waals surface area contributed by atoms with E-state index in [-0.39, 0.29) is 5.54 Å². The van der Waals surface area contributed by atoms with E-state index in [2.05, 4.69) is 31.0 Å². The number of aromatic nitrogens is 3. The fourth-order valence-corrected chi connectivity index (χ4v) is 1.11. The standard InChI is InChI=1S/C9H17N3O/c1-5-13-6-8-11-10-7-12(8)9(2,3)4/h7H,5-6H2,1-4H3. The summed E-state index contributed by atoms with van der Waals surface area (Å²) in [5, 5.41) is 7.88. The fraction of sp³-hybridized carbons (Fsp3) is 0.778. The van der Waals surface area contributed by atoms with Crippen LogP contribution in [0.2, 0.25) is 0 Å². The zero-order chi connectivity index (χ0) is 9.90. The quantitative estimate of drug-likeness (QED) is 0.714. The molecule has 0 atom stereocenters. The molecule has 0 aliphatic carbocycles. The van der Waals surface area contributed by atoms with Crippen molar-refractivity contribution >= 4 is 0 Å². The fourth-order valence-electron chi connectivity index (χ4n) is 1.11. The highest BCUT2D eigenvalue weighted by Gasteiger charge is 2.17. The SMILES string of the molecule is CCOCc1nncn1C(C)(C)C. The van der Waals surface area contributed by atoms with E-state index in [1.54, 1.807) is 6.33 Å². The zero-order valence-electron chi connectivity index (χ0n) is 8.74. The molecule has 0 saturated carbocycles. The van der Waals surface area contributed by atoms with Crippen molar-refractivity contribution in [3.05, 3.63) is 12.2 Å². The molecule has 1 rings (SSSR count). The molecule has 0 fully saturated rings. The molecule has 0 aliphatic rings. The van der Waals surface area contributed by atoms with Crippen LogP contribution in [-0.2, 0) is 16.9 Å². The van der Waals surface area contributed by atoms with E-state index < -0.39 is 0 Å². The summed E-state index contributed by atoms with van der Waals surface area (Å²) in [5.74, 6) is 0.884. The topological polar surface area (TPSA) is 39.9 Å². The smallest absolute Gasteiger partial charge is 0.159 e. The van der Waals surface area contributed by atoms with Crippen molar-refractivity contribution in [1.82, 2.24) is 14.8 Å². The molecule has 1 heterocycles. The van der Waals surface area contributed by atoms with Gasteiger partial charge in [0.1, 0.15) is 12.9 Å². The lowest BCUT2D eigenvalue weighted by atomic mass is 10.1. The molecule has 0 saturated heterocycles. The lowest BCUT2D eigenvalue weighted by Gasteiger charge is -2.22. The molecule has 1 aromatic rings. The molecule has 0 aromatic carbocycles. The second-order valence-electron chi connectivity index (χ2n) is 3.93. The van der Waals surface area contributed by atoms with Gasteiger partial charge in [-0.25, -0.2) is 0 Å². The second-order valence-corrected chi connectivity index (χ2v) is 3.93. The molecule has 4 nitrogen and oxygen atoms in total. The first-order chi connectivity index (χ1) is 6.05. The van der Waals surface area contributed by atoms with Gasteiger partial charge in [-0.2, -0.15) is 0 Å². The summed E-state index contributed by atoms with van der Waals surface area (Å²) >= 11 is 0. The Labute approximate surface area is 78.9 Å². The molecule has 0 amide bonds. The van der Waals surface area contributed by atoms with Crippen LogP contribution in [0.3, 0.4) is 0 Å². The highest BCUT2D eigenvalue weighted by Crippen LogP contribution is 2.15. The summed E-state index contributed by atoms with van der Waals surface area (Å²) in [6.45, 7) is 9.56. The van der Waals surface area contributed by atoms with Crippen molar-refractivity contribution < 1.29 is 4.74 Å². The number of nitrogens with zero attached hydrogens (tertiary/aromatic N) is 3. The van der Waals surface area contributed by atoms with Crippen LogP contribution in [0.5, 0.6) is 0 Å². The Kier molecular flexibility index (Phi) is 3.03. The molecule has 1 aromatic heterocycles. The van der Waals surface area contributed by atoms with E-state index in [0.717, 1.165) is 5.82 Å². The molecule has 0 aliphatic heterocycles. The van der Waals surface area contributed by atoms with Crippen molar-refractivity contribution in [2.75, 3.05) is 6.61 Å². The third-order valence-corrected chi connectivity index (χ3v) is 1.78. The zero-order valence-corrected chi connectivity index (χ0v) is 8.74. The van der Waals surface area contributed by atoms with Gasteiger partial charge in [0.15, 0.2) is 5.82 Å². The molecule has 0 unspecified atom stereocenters. The molecular formula is C9H17N3O. The van der Waals surface area contributed by atoms with E-state index in [1.165, 1.54) is 0 Å². The maximum atomic E-state index is 5.29. The van der Waals surface area contributed by atoms with Crippen LogP contribution in [0.15, 0.2) is 6.33 Å². The largest absolute Gasteiger partial charge is 0.374 e. The number of hydrogen-bond acceptors (Lipinski definition) is 3. The summed E-state index contributed by atoms with van der Waals surface area (Å²) < 4.78 is 7.32. The van der Waals surface area contributed by atoms with Crippen LogP contribution < -0.4 is 0 Å². The normalized spacial score (nSPS) is 12.0. The summed E-state index contributed by atoms with van der Waals surface area (Å²) in [4.78, 5) is 0. The van der Waals surface area contributed by atoms with Gasteiger partial charge >= 0.3 is 0 Å². The van der Waals surface area contributed by atoms with Gasteiger partial charge in [0.25, 0.3) is 0 Å². The van der Waals surface area contributed by atoms with Gasteiger partial charge < -0.3 is 9.30 Å². The Bertz CT molecular complexity index is 262. The summed E-state index contributed by atoms with van der Waals surface area (Å²) in [6, 6.07) is 0. The predicted molar refractivity (Wildman–Crippen MR) is 50.3 cm³/mol. The summed E-state index contributed by atoms with van der Waals surface area (Å²) in [7, 11) is 0. The first kappa shape index (κ1) is 10.2. The minimum Gasteiger partial charge on any atom is -0.374 e. The number of rotatable bonds is 3. The summed E-state index contributed by atoms with van der Waals surface area (Å²) in [5.41, 5.74) is 0.0237. The Morgan fingerprint density at radius 3 is 2.69 bits per heavy atom. The van der Waals surface area contributed by atoms with Gasteiger partial charge in [0.05, 0.1) is 0 Å². The van der Waals surface area contributed by atoms with E-state index >= 15 is 0 Å². The molecule has 0 bridgehead atoms. The highest BCUT2D eigenvalue weighted by atomic mass is 16.5. The van der Waals surface area contributed by atoms with Gasteiger partial charge in [-0.15, -0.1) is 10.2 Å². The van der Waals surface area contributed by atoms with Crippen LogP contribution in [0, 0.1) is 0 Å². The second kappa shape index (κ2) is 3.87. The number of ether oxygens (including phenoxy) is 1. The number of hydrogen-bond donors (Lipinski definition) is 0. The van der Waals surface area contributed by atoms with Crippen molar-refractivity contribution in [1.29, 1.82) is 0 Å². The minimum atomic E-state index is 0.0237. The first-order valence-corrected chi connectivity index (χ1v) is 4.53. The van der Waals surface area contributed by atoms with E-state index in [4.69, 9.17) is 4.74 Å². The van der Waals surface area contributed by atoms with Crippen LogP contribution in [0.4, 0.5) is 0 Å². The van der Waals surface area contributed by atoms with Gasteiger partial charge in [-0.3, -0.25) is 0 Å². The van der Waals surface area contributed by atoms with Crippen LogP contribution in [0.25, 0.3) is 0 Å². The molecule has 0 radical (unpaired) electrons. The van der Waals surface area contributed by atoms with E-state index in [1.807, 2.05) is 11.5 Å². The molecule has 74 valence electrons. The van der Waals surface area contributed by atoms with Crippen LogP contribution in [-0.4, -0.2) is 21.4 Å². The van der Waals surface area contributed by atoms with E-state index in [0.29, 0.717) is 13.2 Å². The molecule has 0 spiro atoms. The predicted octanol–water partition coefficient (Wildman–Crippen LogP) is 1.57.